The Hall–Kier alpha value is -2.55. The van der Waals surface area contributed by atoms with E-state index in [-0.39, 0.29) is 0 Å². The second kappa shape index (κ2) is 4.48. The zero-order valence-corrected chi connectivity index (χ0v) is 12.0. The first-order valence-electron chi connectivity index (χ1n) is 7.25. The number of aryl methyl sites for hydroxylation is 1. The standard InChI is InChI=1S/C18H17N3/c1-12-7-8-14-16(11-12)20-18-15(17(14)19)9-10-21(18)13-5-3-2-4-6-13/h2-8,11H,9-10H2,1H3,(H2,19,20). The molecular weight excluding hydrogens is 258 g/mol. The maximum Gasteiger partial charge on any atom is 0.139 e. The monoisotopic (exact) mass is 275 g/mol. The van der Waals surface area contributed by atoms with Crippen molar-refractivity contribution in [1.29, 1.82) is 0 Å². The van der Waals surface area contributed by atoms with Crippen LogP contribution in [0.5, 0.6) is 0 Å². The van der Waals surface area contributed by atoms with Crippen LogP contribution in [0.3, 0.4) is 0 Å². The van der Waals surface area contributed by atoms with Gasteiger partial charge in [0.05, 0.1) is 5.52 Å². The Balaban J connectivity index is 1.94. The summed E-state index contributed by atoms with van der Waals surface area (Å²) in [7, 11) is 0. The lowest BCUT2D eigenvalue weighted by Gasteiger charge is -2.19. The third kappa shape index (κ3) is 1.85. The minimum atomic E-state index is 0.883. The van der Waals surface area contributed by atoms with E-state index in [1.54, 1.807) is 0 Å². The van der Waals surface area contributed by atoms with E-state index in [1.165, 1.54) is 16.8 Å². The second-order valence-corrected chi connectivity index (χ2v) is 5.59. The Bertz CT molecular complexity index is 825. The predicted molar refractivity (Wildman–Crippen MR) is 88.0 cm³/mol. The highest BCUT2D eigenvalue weighted by Crippen LogP contribution is 2.39. The first-order valence-corrected chi connectivity index (χ1v) is 7.25. The molecular formula is C18H17N3. The van der Waals surface area contributed by atoms with Crippen molar-refractivity contribution in [2.75, 3.05) is 17.2 Å². The lowest BCUT2D eigenvalue weighted by atomic mass is 10.1. The smallest absolute Gasteiger partial charge is 0.139 e. The summed E-state index contributed by atoms with van der Waals surface area (Å²) in [5, 5.41) is 1.06. The van der Waals surface area contributed by atoms with Crippen LogP contribution in [0.1, 0.15) is 11.1 Å². The van der Waals surface area contributed by atoms with E-state index in [2.05, 4.69) is 54.3 Å². The maximum atomic E-state index is 6.39. The fourth-order valence-corrected chi connectivity index (χ4v) is 3.09. The normalized spacial score (nSPS) is 13.7. The minimum Gasteiger partial charge on any atom is -0.398 e. The molecule has 0 spiro atoms. The van der Waals surface area contributed by atoms with Gasteiger partial charge in [-0.05, 0) is 37.1 Å². The highest BCUT2D eigenvalue weighted by atomic mass is 15.2. The number of nitrogens with two attached hydrogens (primary N) is 1. The molecule has 2 N–H and O–H groups in total. The molecule has 0 aliphatic carbocycles. The van der Waals surface area contributed by atoms with Gasteiger partial charge in [0.2, 0.25) is 0 Å². The highest BCUT2D eigenvalue weighted by molar-refractivity contribution is 5.96. The SMILES string of the molecule is Cc1ccc2c(N)c3c(nc2c1)N(c1ccccc1)CC3. The van der Waals surface area contributed by atoms with E-state index >= 15 is 0 Å². The zero-order chi connectivity index (χ0) is 14.4. The number of para-hydroxylation sites is 1. The number of anilines is 3. The van der Waals surface area contributed by atoms with Crippen molar-refractivity contribution in [2.24, 2.45) is 0 Å². The zero-order valence-electron chi connectivity index (χ0n) is 12.0. The van der Waals surface area contributed by atoms with Crippen molar-refractivity contribution in [3.63, 3.8) is 0 Å². The van der Waals surface area contributed by atoms with E-state index in [1.807, 2.05) is 6.07 Å². The minimum absolute atomic E-state index is 0.883. The Labute approximate surface area is 124 Å². The molecule has 0 bridgehead atoms. The number of nitrogen functional groups attached to an aromatic ring is 1. The number of hydrogen-bond donors (Lipinski definition) is 1. The molecule has 0 atom stereocenters. The van der Waals surface area contributed by atoms with Gasteiger partial charge in [0.25, 0.3) is 0 Å². The van der Waals surface area contributed by atoms with Crippen molar-refractivity contribution in [1.82, 2.24) is 4.98 Å². The fraction of sp³-hybridized carbons (Fsp3) is 0.167. The Kier molecular flexibility index (Phi) is 2.61. The first kappa shape index (κ1) is 12.2. The number of nitrogens with zero attached hydrogens (tertiary/aromatic N) is 2. The lowest BCUT2D eigenvalue weighted by Crippen LogP contribution is -2.14. The van der Waals surface area contributed by atoms with Crippen LogP contribution in [0, 0.1) is 6.92 Å². The van der Waals surface area contributed by atoms with Crippen molar-refractivity contribution in [2.45, 2.75) is 13.3 Å². The molecule has 1 aliphatic heterocycles. The molecule has 3 nitrogen and oxygen atoms in total. The van der Waals surface area contributed by atoms with Gasteiger partial charge in [-0.25, -0.2) is 4.98 Å². The van der Waals surface area contributed by atoms with Crippen LogP contribution in [-0.4, -0.2) is 11.5 Å². The van der Waals surface area contributed by atoms with Crippen LogP contribution in [0.4, 0.5) is 17.2 Å². The van der Waals surface area contributed by atoms with Gasteiger partial charge in [0.15, 0.2) is 0 Å². The fourth-order valence-electron chi connectivity index (χ4n) is 3.09. The first-order chi connectivity index (χ1) is 10.2. The molecule has 0 unspecified atom stereocenters. The molecule has 104 valence electrons. The van der Waals surface area contributed by atoms with Gasteiger partial charge in [-0.15, -0.1) is 0 Å². The summed E-state index contributed by atoms with van der Waals surface area (Å²) in [6.07, 6.45) is 0.951. The lowest BCUT2D eigenvalue weighted by molar-refractivity contribution is 0.992. The summed E-state index contributed by atoms with van der Waals surface area (Å²) in [5.41, 5.74) is 11.8. The van der Waals surface area contributed by atoms with Gasteiger partial charge in [-0.3, -0.25) is 0 Å². The van der Waals surface area contributed by atoms with E-state index in [0.29, 0.717) is 0 Å². The third-order valence-corrected chi connectivity index (χ3v) is 4.17. The van der Waals surface area contributed by atoms with E-state index in [9.17, 15) is 0 Å². The van der Waals surface area contributed by atoms with E-state index < -0.39 is 0 Å². The van der Waals surface area contributed by atoms with Gasteiger partial charge in [0.1, 0.15) is 5.82 Å². The molecule has 3 heteroatoms. The van der Waals surface area contributed by atoms with E-state index in [0.717, 1.165) is 35.4 Å². The molecule has 0 radical (unpaired) electrons. The molecule has 1 aromatic heterocycles. The average Bonchev–Trinajstić information content (AvgIpc) is 2.92. The molecule has 4 rings (SSSR count). The summed E-state index contributed by atoms with van der Waals surface area (Å²) < 4.78 is 0. The van der Waals surface area contributed by atoms with E-state index in [4.69, 9.17) is 10.7 Å². The molecule has 21 heavy (non-hydrogen) atoms. The van der Waals surface area contributed by atoms with Crippen LogP contribution >= 0.6 is 0 Å². The van der Waals surface area contributed by atoms with Crippen LogP contribution in [0.15, 0.2) is 48.5 Å². The molecule has 0 amide bonds. The Morgan fingerprint density at radius 3 is 2.71 bits per heavy atom. The molecule has 2 aromatic carbocycles. The largest absolute Gasteiger partial charge is 0.398 e. The van der Waals surface area contributed by atoms with Crippen molar-refractivity contribution < 1.29 is 0 Å². The number of aromatic nitrogens is 1. The number of fused-ring (bicyclic) bond motifs is 2. The molecule has 3 aromatic rings. The van der Waals surface area contributed by atoms with Crippen LogP contribution in [-0.2, 0) is 6.42 Å². The second-order valence-electron chi connectivity index (χ2n) is 5.59. The molecule has 0 saturated carbocycles. The molecule has 0 fully saturated rings. The average molecular weight is 275 g/mol. The maximum absolute atomic E-state index is 6.39. The number of rotatable bonds is 1. The molecule has 0 saturated heterocycles. The van der Waals surface area contributed by atoms with Crippen LogP contribution < -0.4 is 10.6 Å². The van der Waals surface area contributed by atoms with Gasteiger partial charge >= 0.3 is 0 Å². The summed E-state index contributed by atoms with van der Waals surface area (Å²) in [4.78, 5) is 7.14. The van der Waals surface area contributed by atoms with Crippen molar-refractivity contribution in [3.8, 4) is 0 Å². The summed E-state index contributed by atoms with van der Waals surface area (Å²) in [5.74, 6) is 1.01. The van der Waals surface area contributed by atoms with Gasteiger partial charge in [-0.1, -0.05) is 30.3 Å². The number of pyridine rings is 1. The molecule has 1 aliphatic rings. The number of hydrogen-bond acceptors (Lipinski definition) is 3. The Morgan fingerprint density at radius 1 is 1.10 bits per heavy atom. The van der Waals surface area contributed by atoms with Crippen molar-refractivity contribution in [3.05, 3.63) is 59.7 Å². The summed E-state index contributed by atoms with van der Waals surface area (Å²) in [6.45, 7) is 3.02. The van der Waals surface area contributed by atoms with Crippen molar-refractivity contribution >= 4 is 28.1 Å². The van der Waals surface area contributed by atoms with Gasteiger partial charge in [0, 0.05) is 28.9 Å². The Morgan fingerprint density at radius 2 is 1.90 bits per heavy atom. The van der Waals surface area contributed by atoms with Crippen LogP contribution in [0.2, 0.25) is 0 Å². The predicted octanol–water partition coefficient (Wildman–Crippen LogP) is 3.82. The summed E-state index contributed by atoms with van der Waals surface area (Å²) >= 11 is 0. The third-order valence-electron chi connectivity index (χ3n) is 4.17. The number of benzene rings is 2. The van der Waals surface area contributed by atoms with Gasteiger partial charge < -0.3 is 10.6 Å². The summed E-state index contributed by atoms with van der Waals surface area (Å²) in [6, 6.07) is 16.7. The molecule has 2 heterocycles. The van der Waals surface area contributed by atoms with Crippen LogP contribution in [0.25, 0.3) is 10.9 Å². The quantitative estimate of drug-likeness (QED) is 0.734. The van der Waals surface area contributed by atoms with Gasteiger partial charge in [-0.2, -0.15) is 0 Å². The highest BCUT2D eigenvalue weighted by Gasteiger charge is 2.25. The topological polar surface area (TPSA) is 42.1 Å².